The van der Waals surface area contributed by atoms with E-state index in [0.29, 0.717) is 12.1 Å². The number of pyridine rings is 1. The molecular weight excluding hydrogens is 345 g/mol. The van der Waals surface area contributed by atoms with Crippen LogP contribution in [0.4, 0.5) is 8.78 Å². The molecule has 1 aliphatic heterocycles. The molecule has 1 fully saturated rings. The van der Waals surface area contributed by atoms with E-state index >= 15 is 0 Å². The molecule has 2 atom stereocenters. The van der Waals surface area contributed by atoms with Crippen LogP contribution in [0.3, 0.4) is 0 Å². The van der Waals surface area contributed by atoms with E-state index in [4.69, 9.17) is 27.9 Å². The lowest BCUT2D eigenvalue weighted by molar-refractivity contribution is 0.137. The molecule has 0 radical (unpaired) electrons. The second-order valence-electron chi connectivity index (χ2n) is 5.43. The van der Waals surface area contributed by atoms with Gasteiger partial charge in [0.05, 0.1) is 11.2 Å². The minimum Gasteiger partial charge on any atom is -0.481 e. The summed E-state index contributed by atoms with van der Waals surface area (Å²) in [7, 11) is 0. The lowest BCUT2D eigenvalue weighted by Gasteiger charge is -2.25. The van der Waals surface area contributed by atoms with Gasteiger partial charge in [0, 0.05) is 29.2 Å². The smallest absolute Gasteiger partial charge is 0.174 e. The molecule has 0 amide bonds. The summed E-state index contributed by atoms with van der Waals surface area (Å²) in [4.78, 5) is 3.85. The summed E-state index contributed by atoms with van der Waals surface area (Å²) in [6.45, 7) is 1.51. The van der Waals surface area contributed by atoms with Crippen LogP contribution in [-0.4, -0.2) is 18.1 Å². The molecule has 23 heavy (non-hydrogen) atoms. The SMILES string of the molecule is Fc1cncc(C(Oc2c(F)cc(Cl)cc2Cl)[C@H]2CCNC2)c1. The van der Waals surface area contributed by atoms with Crippen molar-refractivity contribution >= 4 is 23.2 Å². The highest BCUT2D eigenvalue weighted by atomic mass is 35.5. The third kappa shape index (κ3) is 3.74. The van der Waals surface area contributed by atoms with Gasteiger partial charge in [0.15, 0.2) is 11.6 Å². The van der Waals surface area contributed by atoms with Gasteiger partial charge < -0.3 is 10.1 Å². The van der Waals surface area contributed by atoms with E-state index in [1.54, 1.807) is 0 Å². The standard InChI is InChI=1S/C16H14Cl2F2N2O/c17-11-4-13(18)16(14(20)5-11)23-15(9-1-2-21-6-9)10-3-12(19)8-22-7-10/h3-5,7-9,15,21H,1-2,6H2/t9-,15?/m0/s1. The molecular formula is C16H14Cl2F2N2O. The van der Waals surface area contributed by atoms with Crippen molar-refractivity contribution in [3.05, 3.63) is 57.8 Å². The van der Waals surface area contributed by atoms with E-state index in [9.17, 15) is 8.78 Å². The fraction of sp³-hybridized carbons (Fsp3) is 0.312. The molecule has 1 N–H and O–H groups in total. The number of ether oxygens (including phenoxy) is 1. The Hall–Kier alpha value is -1.43. The predicted octanol–water partition coefficient (Wildman–Crippen LogP) is 4.40. The maximum atomic E-state index is 14.2. The molecule has 122 valence electrons. The summed E-state index contributed by atoms with van der Waals surface area (Å²) in [5.41, 5.74) is 0.545. The number of nitrogens with zero attached hydrogens (tertiary/aromatic N) is 1. The number of halogens is 4. The molecule has 0 spiro atoms. The van der Waals surface area contributed by atoms with Crippen molar-refractivity contribution in [2.24, 2.45) is 5.92 Å². The largest absolute Gasteiger partial charge is 0.481 e. The normalized spacial score (nSPS) is 18.9. The first-order valence-electron chi connectivity index (χ1n) is 7.17. The van der Waals surface area contributed by atoms with Crippen molar-refractivity contribution in [2.45, 2.75) is 12.5 Å². The molecule has 7 heteroatoms. The first-order valence-corrected chi connectivity index (χ1v) is 7.92. The number of benzene rings is 1. The summed E-state index contributed by atoms with van der Waals surface area (Å²) < 4.78 is 33.5. The molecule has 3 nitrogen and oxygen atoms in total. The quantitative estimate of drug-likeness (QED) is 0.879. The molecule has 0 saturated carbocycles. The minimum absolute atomic E-state index is 0.0599. The van der Waals surface area contributed by atoms with Crippen LogP contribution in [0.2, 0.25) is 10.0 Å². The average molecular weight is 359 g/mol. The van der Waals surface area contributed by atoms with Gasteiger partial charge in [-0.25, -0.2) is 8.78 Å². The first kappa shape index (κ1) is 16.4. The summed E-state index contributed by atoms with van der Waals surface area (Å²) in [6, 6.07) is 3.89. The van der Waals surface area contributed by atoms with E-state index in [2.05, 4.69) is 10.3 Å². The van der Waals surface area contributed by atoms with Crippen molar-refractivity contribution < 1.29 is 13.5 Å². The Morgan fingerprint density at radius 1 is 1.22 bits per heavy atom. The van der Waals surface area contributed by atoms with Crippen LogP contribution in [0.5, 0.6) is 5.75 Å². The highest BCUT2D eigenvalue weighted by molar-refractivity contribution is 6.35. The molecule has 1 aliphatic rings. The topological polar surface area (TPSA) is 34.1 Å². The van der Waals surface area contributed by atoms with Crippen LogP contribution in [-0.2, 0) is 0 Å². The van der Waals surface area contributed by atoms with Gasteiger partial charge in [-0.05, 0) is 31.2 Å². The molecule has 1 saturated heterocycles. The molecule has 0 aliphatic carbocycles. The average Bonchev–Trinajstić information content (AvgIpc) is 3.00. The second kappa shape index (κ2) is 6.99. The number of nitrogens with one attached hydrogen (secondary N) is 1. The van der Waals surface area contributed by atoms with Gasteiger partial charge in [0.25, 0.3) is 0 Å². The Morgan fingerprint density at radius 3 is 2.70 bits per heavy atom. The van der Waals surface area contributed by atoms with Crippen LogP contribution in [0.15, 0.2) is 30.6 Å². The fourth-order valence-corrected chi connectivity index (χ4v) is 3.24. The Balaban J connectivity index is 1.96. The third-order valence-corrected chi connectivity index (χ3v) is 4.29. The third-order valence-electron chi connectivity index (χ3n) is 3.79. The van der Waals surface area contributed by atoms with E-state index in [-0.39, 0.29) is 21.7 Å². The van der Waals surface area contributed by atoms with Crippen molar-refractivity contribution in [3.8, 4) is 5.75 Å². The molecule has 0 bridgehead atoms. The van der Waals surface area contributed by atoms with Crippen molar-refractivity contribution in [1.29, 1.82) is 0 Å². The maximum Gasteiger partial charge on any atom is 0.174 e. The van der Waals surface area contributed by atoms with E-state index in [1.807, 2.05) is 0 Å². The Morgan fingerprint density at radius 2 is 2.04 bits per heavy atom. The van der Waals surface area contributed by atoms with Crippen molar-refractivity contribution in [1.82, 2.24) is 10.3 Å². The van der Waals surface area contributed by atoms with Crippen LogP contribution >= 0.6 is 23.2 Å². The number of hydrogen-bond acceptors (Lipinski definition) is 3. The van der Waals surface area contributed by atoms with Gasteiger partial charge in [-0.15, -0.1) is 0 Å². The summed E-state index contributed by atoms with van der Waals surface area (Å²) in [6.07, 6.45) is 2.91. The molecule has 2 aromatic rings. The van der Waals surface area contributed by atoms with Gasteiger partial charge in [-0.1, -0.05) is 23.2 Å². The number of aromatic nitrogens is 1. The zero-order chi connectivity index (χ0) is 16.4. The zero-order valence-electron chi connectivity index (χ0n) is 12.0. The summed E-state index contributed by atoms with van der Waals surface area (Å²) in [5.74, 6) is -1.14. The summed E-state index contributed by atoms with van der Waals surface area (Å²) in [5, 5.41) is 3.48. The van der Waals surface area contributed by atoms with E-state index in [0.717, 1.165) is 25.2 Å². The molecule has 3 rings (SSSR count). The maximum absolute atomic E-state index is 14.2. The molecule has 2 heterocycles. The second-order valence-corrected chi connectivity index (χ2v) is 6.27. The lowest BCUT2D eigenvalue weighted by Crippen LogP contribution is -2.22. The van der Waals surface area contributed by atoms with Gasteiger partial charge >= 0.3 is 0 Å². The Kier molecular flexibility index (Phi) is 4.99. The van der Waals surface area contributed by atoms with E-state index in [1.165, 1.54) is 18.3 Å². The Bertz CT molecular complexity index is 685. The highest BCUT2D eigenvalue weighted by Gasteiger charge is 2.30. The van der Waals surface area contributed by atoms with Crippen LogP contribution in [0, 0.1) is 17.6 Å². The van der Waals surface area contributed by atoms with Gasteiger partial charge in [0.1, 0.15) is 11.9 Å². The first-order chi connectivity index (χ1) is 11.0. The van der Waals surface area contributed by atoms with Crippen molar-refractivity contribution in [2.75, 3.05) is 13.1 Å². The van der Waals surface area contributed by atoms with Gasteiger partial charge in [-0.2, -0.15) is 0 Å². The monoisotopic (exact) mass is 358 g/mol. The van der Waals surface area contributed by atoms with Crippen LogP contribution in [0.25, 0.3) is 0 Å². The molecule has 1 aromatic carbocycles. The molecule has 1 unspecified atom stereocenters. The fourth-order valence-electron chi connectivity index (χ4n) is 2.72. The highest BCUT2D eigenvalue weighted by Crippen LogP contribution is 2.38. The zero-order valence-corrected chi connectivity index (χ0v) is 13.5. The number of rotatable bonds is 4. The van der Waals surface area contributed by atoms with Gasteiger partial charge in [0.2, 0.25) is 0 Å². The number of hydrogen-bond donors (Lipinski definition) is 1. The van der Waals surface area contributed by atoms with E-state index < -0.39 is 17.7 Å². The lowest BCUT2D eigenvalue weighted by atomic mass is 9.96. The van der Waals surface area contributed by atoms with Gasteiger partial charge in [-0.3, -0.25) is 4.98 Å². The minimum atomic E-state index is -0.650. The molecule has 1 aromatic heterocycles. The summed E-state index contributed by atoms with van der Waals surface area (Å²) >= 11 is 11.8. The van der Waals surface area contributed by atoms with Crippen molar-refractivity contribution in [3.63, 3.8) is 0 Å². The predicted molar refractivity (Wildman–Crippen MR) is 85.0 cm³/mol. The Labute approximate surface area is 142 Å². The van der Waals surface area contributed by atoms with Crippen LogP contribution in [0.1, 0.15) is 18.1 Å². The van der Waals surface area contributed by atoms with Crippen LogP contribution < -0.4 is 10.1 Å².